The minimum absolute atomic E-state index is 0.00380. The van der Waals surface area contributed by atoms with Crippen molar-refractivity contribution < 1.29 is 14.3 Å². The van der Waals surface area contributed by atoms with Crippen LogP contribution in [0.4, 0.5) is 0 Å². The van der Waals surface area contributed by atoms with Gasteiger partial charge in [-0.3, -0.25) is 0 Å². The van der Waals surface area contributed by atoms with Crippen molar-refractivity contribution in [3.05, 3.63) is 124 Å². The lowest BCUT2D eigenvalue weighted by Gasteiger charge is -2.19. The number of hydrogen-bond donors (Lipinski definition) is 0. The van der Waals surface area contributed by atoms with Crippen molar-refractivity contribution in [1.29, 1.82) is 0 Å². The van der Waals surface area contributed by atoms with Crippen LogP contribution in [0, 0.1) is 13.8 Å². The maximum absolute atomic E-state index is 12.5. The van der Waals surface area contributed by atoms with Crippen LogP contribution in [0.1, 0.15) is 56.6 Å². The maximum Gasteiger partial charge on any atom is 0.338 e. The predicted octanol–water partition coefficient (Wildman–Crippen LogP) is 6.81. The maximum atomic E-state index is 12.5. The molecule has 0 fully saturated rings. The third-order valence-corrected chi connectivity index (χ3v) is 6.18. The van der Waals surface area contributed by atoms with E-state index in [1.54, 1.807) is 0 Å². The summed E-state index contributed by atoms with van der Waals surface area (Å²) in [5.74, 6) is 0.313. The normalized spacial score (nSPS) is 13.9. The molecular weight excluding hydrogens is 434 g/mol. The van der Waals surface area contributed by atoms with Crippen LogP contribution in [0.5, 0.6) is 0 Å². The molecule has 1 atom stereocenters. The Morgan fingerprint density at radius 3 is 2.57 bits per heavy atom. The minimum atomic E-state index is -0.316. The Balaban J connectivity index is 1.69. The van der Waals surface area contributed by atoms with Gasteiger partial charge in [-0.15, -0.1) is 0 Å². The molecule has 35 heavy (non-hydrogen) atoms. The average Bonchev–Trinajstić information content (AvgIpc) is 3.12. The Labute approximate surface area is 207 Å². The zero-order valence-electron chi connectivity index (χ0n) is 20.7. The van der Waals surface area contributed by atoms with Gasteiger partial charge in [-0.1, -0.05) is 90.9 Å². The lowest BCUT2D eigenvalue weighted by atomic mass is 9.86. The summed E-state index contributed by atoms with van der Waals surface area (Å²) in [7, 11) is 1.42. The molecule has 1 aliphatic heterocycles. The van der Waals surface area contributed by atoms with Crippen LogP contribution < -0.4 is 0 Å². The number of aryl methyl sites for hydroxylation is 2. The molecule has 0 aliphatic carbocycles. The fraction of sp³-hybridized carbons (Fsp3) is 0.226. The molecular formula is C31H31NO3. The van der Waals surface area contributed by atoms with Gasteiger partial charge in [0, 0.05) is 11.5 Å². The number of allylic oxidation sites excluding steroid dienone is 2. The van der Waals surface area contributed by atoms with Crippen LogP contribution in [0.2, 0.25) is 0 Å². The number of aliphatic imine (C=N–C) groups is 1. The van der Waals surface area contributed by atoms with E-state index in [-0.39, 0.29) is 11.9 Å². The van der Waals surface area contributed by atoms with Gasteiger partial charge in [-0.05, 0) is 48.2 Å². The monoisotopic (exact) mass is 465 g/mol. The third kappa shape index (κ3) is 5.78. The standard InChI is InChI=1S/C31H31NO3/c1-21-13-14-27(29(18-21)31(33)34-4)23(3)25-16-22(2)17-26(19-25)28-12-8-9-15-32-30(28)35-20-24-10-6-5-7-11-24/h5-14,16-19,23H,15,20H2,1-4H3. The van der Waals surface area contributed by atoms with E-state index in [9.17, 15) is 4.79 Å². The Bertz CT molecular complexity index is 1300. The molecule has 0 saturated heterocycles. The molecule has 1 unspecified atom stereocenters. The molecule has 0 amide bonds. The molecule has 0 saturated carbocycles. The zero-order chi connectivity index (χ0) is 24.8. The predicted molar refractivity (Wildman–Crippen MR) is 142 cm³/mol. The van der Waals surface area contributed by atoms with Crippen molar-refractivity contribution in [2.24, 2.45) is 4.99 Å². The molecule has 4 rings (SSSR count). The summed E-state index contributed by atoms with van der Waals surface area (Å²) in [4.78, 5) is 17.2. The summed E-state index contributed by atoms with van der Waals surface area (Å²) in [5, 5.41) is 0. The van der Waals surface area contributed by atoms with Crippen molar-refractivity contribution in [2.75, 3.05) is 13.7 Å². The van der Waals surface area contributed by atoms with Gasteiger partial charge in [0.05, 0.1) is 19.2 Å². The highest BCUT2D eigenvalue weighted by Gasteiger charge is 2.20. The second-order valence-corrected chi connectivity index (χ2v) is 8.86. The van der Waals surface area contributed by atoms with E-state index in [2.05, 4.69) is 38.1 Å². The number of rotatable bonds is 6. The Morgan fingerprint density at radius 1 is 1.00 bits per heavy atom. The van der Waals surface area contributed by atoms with Gasteiger partial charge in [-0.25, -0.2) is 9.79 Å². The molecule has 178 valence electrons. The third-order valence-electron chi connectivity index (χ3n) is 6.18. The molecule has 3 aromatic rings. The quantitative estimate of drug-likeness (QED) is 0.376. The number of nitrogens with zero attached hydrogens (tertiary/aromatic N) is 1. The minimum Gasteiger partial charge on any atom is -0.473 e. The smallest absolute Gasteiger partial charge is 0.338 e. The van der Waals surface area contributed by atoms with Crippen molar-refractivity contribution >= 4 is 17.4 Å². The molecule has 4 nitrogen and oxygen atoms in total. The van der Waals surface area contributed by atoms with E-state index < -0.39 is 0 Å². The van der Waals surface area contributed by atoms with Crippen LogP contribution in [-0.4, -0.2) is 25.5 Å². The first-order chi connectivity index (χ1) is 17.0. The molecule has 1 heterocycles. The van der Waals surface area contributed by atoms with Gasteiger partial charge in [-0.2, -0.15) is 0 Å². The zero-order valence-corrected chi connectivity index (χ0v) is 20.7. The second kappa shape index (κ2) is 11.0. The molecule has 4 heteroatoms. The topological polar surface area (TPSA) is 47.9 Å². The summed E-state index contributed by atoms with van der Waals surface area (Å²) in [6, 6.07) is 22.6. The molecule has 1 aliphatic rings. The number of carbonyl (C=O) groups is 1. The Hall–Kier alpha value is -3.92. The molecule has 0 N–H and O–H groups in total. The molecule has 0 aromatic heterocycles. The van der Waals surface area contributed by atoms with Crippen LogP contribution in [-0.2, 0) is 16.1 Å². The summed E-state index contributed by atoms with van der Waals surface area (Å²) in [6.45, 7) is 7.22. The second-order valence-electron chi connectivity index (χ2n) is 8.86. The number of benzene rings is 3. The molecule has 0 bridgehead atoms. The highest BCUT2D eigenvalue weighted by molar-refractivity contribution is 6.20. The van der Waals surface area contributed by atoms with Crippen molar-refractivity contribution in [3.63, 3.8) is 0 Å². The highest BCUT2D eigenvalue weighted by atomic mass is 16.5. The van der Waals surface area contributed by atoms with E-state index in [0.717, 1.165) is 39.0 Å². The number of methoxy groups -OCH3 is 1. The number of ether oxygens (including phenoxy) is 2. The summed E-state index contributed by atoms with van der Waals surface area (Å²) < 4.78 is 11.3. The first-order valence-electron chi connectivity index (χ1n) is 11.9. The highest BCUT2D eigenvalue weighted by Crippen LogP contribution is 2.32. The van der Waals surface area contributed by atoms with Crippen LogP contribution >= 0.6 is 0 Å². The first-order valence-corrected chi connectivity index (χ1v) is 11.9. The summed E-state index contributed by atoms with van der Waals surface area (Å²) in [6.07, 6.45) is 6.11. The van der Waals surface area contributed by atoms with Gasteiger partial charge in [0.1, 0.15) is 6.61 Å². The van der Waals surface area contributed by atoms with Crippen LogP contribution in [0.15, 0.2) is 90.0 Å². The average molecular weight is 466 g/mol. The van der Waals surface area contributed by atoms with E-state index in [4.69, 9.17) is 14.5 Å². The van der Waals surface area contributed by atoms with Gasteiger partial charge < -0.3 is 9.47 Å². The van der Waals surface area contributed by atoms with Crippen molar-refractivity contribution in [3.8, 4) is 0 Å². The molecule has 3 aromatic carbocycles. The van der Waals surface area contributed by atoms with Gasteiger partial charge in [0.2, 0.25) is 5.90 Å². The van der Waals surface area contributed by atoms with Crippen molar-refractivity contribution in [1.82, 2.24) is 0 Å². The summed E-state index contributed by atoms with van der Waals surface area (Å²) in [5.41, 5.74) is 7.91. The van der Waals surface area contributed by atoms with E-state index >= 15 is 0 Å². The lowest BCUT2D eigenvalue weighted by Crippen LogP contribution is -2.11. The largest absolute Gasteiger partial charge is 0.473 e. The van der Waals surface area contributed by atoms with Gasteiger partial charge >= 0.3 is 5.97 Å². The van der Waals surface area contributed by atoms with E-state index in [1.165, 1.54) is 7.11 Å². The van der Waals surface area contributed by atoms with Gasteiger partial charge in [0.25, 0.3) is 0 Å². The Morgan fingerprint density at radius 2 is 1.80 bits per heavy atom. The Kier molecular flexibility index (Phi) is 7.61. The van der Waals surface area contributed by atoms with Crippen LogP contribution in [0.25, 0.3) is 5.57 Å². The van der Waals surface area contributed by atoms with Crippen LogP contribution in [0.3, 0.4) is 0 Å². The fourth-order valence-electron chi connectivity index (χ4n) is 4.32. The fourth-order valence-corrected chi connectivity index (χ4v) is 4.32. The van der Waals surface area contributed by atoms with Gasteiger partial charge in [0.15, 0.2) is 0 Å². The number of carbonyl (C=O) groups excluding carboxylic acids is 1. The van der Waals surface area contributed by atoms with E-state index in [1.807, 2.05) is 67.6 Å². The SMILES string of the molecule is COC(=O)c1cc(C)ccc1C(C)c1cc(C)cc(C2=CC=CCN=C2OCc2ccccc2)c1. The number of hydrogen-bond acceptors (Lipinski definition) is 4. The summed E-state index contributed by atoms with van der Waals surface area (Å²) >= 11 is 0. The molecule has 0 radical (unpaired) electrons. The lowest BCUT2D eigenvalue weighted by molar-refractivity contribution is 0.0599. The number of esters is 1. The van der Waals surface area contributed by atoms with Crippen molar-refractivity contribution in [2.45, 2.75) is 33.3 Å². The molecule has 0 spiro atoms. The van der Waals surface area contributed by atoms with E-state index in [0.29, 0.717) is 24.6 Å². The first kappa shape index (κ1) is 24.2.